The van der Waals surface area contributed by atoms with E-state index in [4.69, 9.17) is 0 Å². The first-order valence-corrected chi connectivity index (χ1v) is 8.66. The van der Waals surface area contributed by atoms with Crippen molar-refractivity contribution in [3.63, 3.8) is 0 Å². The van der Waals surface area contributed by atoms with Crippen LogP contribution < -0.4 is 0 Å². The molecule has 1 fully saturated rings. The normalized spacial score (nSPS) is 18.2. The van der Waals surface area contributed by atoms with E-state index in [9.17, 15) is 9.59 Å². The second-order valence-corrected chi connectivity index (χ2v) is 6.51. The Morgan fingerprint density at radius 2 is 2.04 bits per heavy atom. The number of aromatic nitrogens is 2. The zero-order valence-corrected chi connectivity index (χ0v) is 14.7. The average Bonchev–Trinajstić information content (AvgIpc) is 3.32. The molecule has 0 bridgehead atoms. The minimum atomic E-state index is -0.420. The summed E-state index contributed by atoms with van der Waals surface area (Å²) >= 11 is 0. The summed E-state index contributed by atoms with van der Waals surface area (Å²) in [5, 5.41) is 4.10. The molecule has 2 atom stereocenters. The van der Waals surface area contributed by atoms with Crippen molar-refractivity contribution in [2.45, 2.75) is 31.8 Å². The summed E-state index contributed by atoms with van der Waals surface area (Å²) in [6.07, 6.45) is 5.36. The Hall–Kier alpha value is -2.63. The van der Waals surface area contributed by atoms with Crippen LogP contribution in [-0.2, 0) is 9.59 Å². The molecular formula is C19H24N4O2. The van der Waals surface area contributed by atoms with Gasteiger partial charge in [-0.25, -0.2) is 0 Å². The highest BCUT2D eigenvalue weighted by molar-refractivity contribution is 5.86. The number of benzene rings is 1. The number of likely N-dealkylation sites (tertiary alicyclic amines) is 1. The van der Waals surface area contributed by atoms with Gasteiger partial charge in [0.05, 0.1) is 12.6 Å². The van der Waals surface area contributed by atoms with Crippen molar-refractivity contribution >= 4 is 11.8 Å². The van der Waals surface area contributed by atoms with E-state index >= 15 is 0 Å². The minimum Gasteiger partial charge on any atom is -0.335 e. The predicted molar refractivity (Wildman–Crippen MR) is 94.7 cm³/mol. The van der Waals surface area contributed by atoms with Gasteiger partial charge in [-0.1, -0.05) is 30.3 Å². The lowest BCUT2D eigenvalue weighted by Crippen LogP contribution is -2.42. The van der Waals surface area contributed by atoms with Gasteiger partial charge < -0.3 is 9.80 Å². The highest BCUT2D eigenvalue weighted by Crippen LogP contribution is 2.31. The molecule has 6 heteroatoms. The Bertz CT molecular complexity index is 714. The van der Waals surface area contributed by atoms with Crippen molar-refractivity contribution in [1.29, 1.82) is 0 Å². The summed E-state index contributed by atoms with van der Waals surface area (Å²) in [6, 6.07) is 11.6. The molecule has 1 aliphatic rings. The Kier molecular flexibility index (Phi) is 5.16. The fourth-order valence-electron chi connectivity index (χ4n) is 3.40. The first kappa shape index (κ1) is 17.2. The maximum absolute atomic E-state index is 12.8. The molecule has 2 unspecified atom stereocenters. The lowest BCUT2D eigenvalue weighted by molar-refractivity contribution is -0.141. The minimum absolute atomic E-state index is 0.00475. The molecule has 0 radical (unpaired) electrons. The predicted octanol–water partition coefficient (Wildman–Crippen LogP) is 2.27. The molecule has 1 aliphatic heterocycles. The number of hydrogen-bond donors (Lipinski definition) is 0. The van der Waals surface area contributed by atoms with Crippen LogP contribution >= 0.6 is 0 Å². The smallest absolute Gasteiger partial charge is 0.247 e. The summed E-state index contributed by atoms with van der Waals surface area (Å²) < 4.78 is 1.60. The third-order valence-corrected chi connectivity index (χ3v) is 4.79. The van der Waals surface area contributed by atoms with Crippen LogP contribution in [-0.4, -0.2) is 51.5 Å². The SMILES string of the molecule is CC(C(=O)N(C)CC(=O)N1CCCC1c1ccccc1)n1cccn1. The maximum atomic E-state index is 12.8. The summed E-state index contributed by atoms with van der Waals surface area (Å²) in [6.45, 7) is 2.63. The fourth-order valence-corrected chi connectivity index (χ4v) is 3.40. The van der Waals surface area contributed by atoms with Gasteiger partial charge in [0, 0.05) is 26.0 Å². The molecule has 132 valence electrons. The monoisotopic (exact) mass is 340 g/mol. The summed E-state index contributed by atoms with van der Waals surface area (Å²) in [5.41, 5.74) is 1.16. The van der Waals surface area contributed by atoms with Crippen LogP contribution in [0, 0.1) is 0 Å². The van der Waals surface area contributed by atoms with E-state index in [-0.39, 0.29) is 24.4 Å². The van der Waals surface area contributed by atoms with Gasteiger partial charge in [0.25, 0.3) is 0 Å². The van der Waals surface area contributed by atoms with E-state index in [0.717, 1.165) is 24.9 Å². The van der Waals surface area contributed by atoms with E-state index in [1.165, 1.54) is 4.90 Å². The van der Waals surface area contributed by atoms with Crippen LogP contribution in [0.15, 0.2) is 48.8 Å². The molecule has 0 saturated carbocycles. The van der Waals surface area contributed by atoms with Gasteiger partial charge in [0.2, 0.25) is 11.8 Å². The Morgan fingerprint density at radius 1 is 1.28 bits per heavy atom. The number of hydrogen-bond acceptors (Lipinski definition) is 3. The van der Waals surface area contributed by atoms with Crippen LogP contribution in [0.3, 0.4) is 0 Å². The lowest BCUT2D eigenvalue weighted by Gasteiger charge is -2.28. The first-order valence-electron chi connectivity index (χ1n) is 8.66. The first-order chi connectivity index (χ1) is 12.1. The zero-order valence-electron chi connectivity index (χ0n) is 14.7. The van der Waals surface area contributed by atoms with Crippen molar-refractivity contribution in [1.82, 2.24) is 19.6 Å². The third kappa shape index (κ3) is 3.73. The molecule has 0 spiro atoms. The number of likely N-dealkylation sites (N-methyl/N-ethyl adjacent to an activating group) is 1. The van der Waals surface area contributed by atoms with Crippen LogP contribution in [0.25, 0.3) is 0 Å². The molecule has 3 rings (SSSR count). The van der Waals surface area contributed by atoms with Gasteiger partial charge in [0.1, 0.15) is 6.04 Å². The van der Waals surface area contributed by atoms with Crippen LogP contribution in [0.5, 0.6) is 0 Å². The maximum Gasteiger partial charge on any atom is 0.247 e. The van der Waals surface area contributed by atoms with Crippen molar-refractivity contribution in [3.8, 4) is 0 Å². The average molecular weight is 340 g/mol. The Labute approximate surface area is 148 Å². The van der Waals surface area contributed by atoms with E-state index in [0.29, 0.717) is 0 Å². The van der Waals surface area contributed by atoms with Crippen LogP contribution in [0.4, 0.5) is 0 Å². The molecule has 2 aromatic rings. The Morgan fingerprint density at radius 3 is 2.72 bits per heavy atom. The molecule has 6 nitrogen and oxygen atoms in total. The van der Waals surface area contributed by atoms with E-state index in [2.05, 4.69) is 17.2 Å². The molecular weight excluding hydrogens is 316 g/mol. The van der Waals surface area contributed by atoms with E-state index in [1.807, 2.05) is 23.1 Å². The van der Waals surface area contributed by atoms with E-state index in [1.54, 1.807) is 37.1 Å². The zero-order chi connectivity index (χ0) is 17.8. The number of nitrogens with zero attached hydrogens (tertiary/aromatic N) is 4. The number of carbonyl (C=O) groups is 2. The molecule has 1 saturated heterocycles. The van der Waals surface area contributed by atoms with Gasteiger partial charge in [-0.15, -0.1) is 0 Å². The molecule has 0 N–H and O–H groups in total. The van der Waals surface area contributed by atoms with Gasteiger partial charge in [-0.05, 0) is 31.4 Å². The fraction of sp³-hybridized carbons (Fsp3) is 0.421. The summed E-state index contributed by atoms with van der Waals surface area (Å²) in [7, 11) is 1.67. The van der Waals surface area contributed by atoms with Gasteiger partial charge in [-0.3, -0.25) is 14.3 Å². The quantitative estimate of drug-likeness (QED) is 0.839. The van der Waals surface area contributed by atoms with Crippen LogP contribution in [0.2, 0.25) is 0 Å². The molecule has 2 amide bonds. The molecule has 1 aromatic heterocycles. The van der Waals surface area contributed by atoms with E-state index < -0.39 is 6.04 Å². The summed E-state index contributed by atoms with van der Waals surface area (Å²) in [5.74, 6) is -0.123. The number of carbonyl (C=O) groups excluding carboxylic acids is 2. The lowest BCUT2D eigenvalue weighted by atomic mass is 10.0. The largest absolute Gasteiger partial charge is 0.335 e. The molecule has 1 aromatic carbocycles. The van der Waals surface area contributed by atoms with Crippen molar-refractivity contribution in [2.24, 2.45) is 0 Å². The van der Waals surface area contributed by atoms with Crippen molar-refractivity contribution in [2.75, 3.05) is 20.1 Å². The highest BCUT2D eigenvalue weighted by atomic mass is 16.2. The third-order valence-electron chi connectivity index (χ3n) is 4.79. The number of rotatable bonds is 5. The van der Waals surface area contributed by atoms with Crippen molar-refractivity contribution < 1.29 is 9.59 Å². The van der Waals surface area contributed by atoms with Gasteiger partial charge >= 0.3 is 0 Å². The standard InChI is InChI=1S/C19H24N4O2/c1-15(23-13-7-11-20-23)19(25)21(2)14-18(24)22-12-6-10-17(22)16-8-4-3-5-9-16/h3-5,7-9,11,13,15,17H,6,10,12,14H2,1-2H3. The molecule has 25 heavy (non-hydrogen) atoms. The van der Waals surface area contributed by atoms with Gasteiger partial charge in [-0.2, -0.15) is 5.10 Å². The van der Waals surface area contributed by atoms with Crippen molar-refractivity contribution in [3.05, 3.63) is 54.4 Å². The number of amides is 2. The topological polar surface area (TPSA) is 58.4 Å². The molecule has 2 heterocycles. The second kappa shape index (κ2) is 7.51. The highest BCUT2D eigenvalue weighted by Gasteiger charge is 2.31. The summed E-state index contributed by atoms with van der Waals surface area (Å²) in [4.78, 5) is 28.7. The Balaban J connectivity index is 1.64. The molecule has 0 aliphatic carbocycles. The van der Waals surface area contributed by atoms with Crippen LogP contribution in [0.1, 0.15) is 37.4 Å². The second-order valence-electron chi connectivity index (χ2n) is 6.51. The van der Waals surface area contributed by atoms with Gasteiger partial charge in [0.15, 0.2) is 0 Å².